The first-order valence-corrected chi connectivity index (χ1v) is 9.48. The van der Waals surface area contributed by atoms with E-state index < -0.39 is 0 Å². The summed E-state index contributed by atoms with van der Waals surface area (Å²) in [6.07, 6.45) is 5.34. The topological polar surface area (TPSA) is 98.9 Å². The first-order valence-electron chi connectivity index (χ1n) is 9.48. The van der Waals surface area contributed by atoms with Crippen molar-refractivity contribution in [3.63, 3.8) is 0 Å². The molecule has 0 unspecified atom stereocenters. The number of ether oxygens (including phenoxy) is 1. The molecule has 1 fully saturated rings. The normalized spacial score (nSPS) is 20.4. The van der Waals surface area contributed by atoms with Gasteiger partial charge in [-0.1, -0.05) is 0 Å². The highest BCUT2D eigenvalue weighted by Crippen LogP contribution is 2.33. The third-order valence-corrected chi connectivity index (χ3v) is 4.71. The van der Waals surface area contributed by atoms with Gasteiger partial charge in [0.1, 0.15) is 12.4 Å². The molecule has 27 heavy (non-hydrogen) atoms. The van der Waals surface area contributed by atoms with Gasteiger partial charge in [-0.05, 0) is 46.6 Å². The molecule has 3 rings (SSSR count). The zero-order valence-corrected chi connectivity index (χ0v) is 16.5. The van der Waals surface area contributed by atoms with E-state index in [2.05, 4.69) is 32.7 Å². The molecule has 1 aliphatic heterocycles. The van der Waals surface area contributed by atoms with Crippen molar-refractivity contribution >= 4 is 12.0 Å². The lowest BCUT2D eigenvalue weighted by atomic mass is 9.92. The first-order chi connectivity index (χ1) is 12.9. The SMILES string of the molecule is CCn1nccc1[C@@H]1OCCC[C@H]1CNC(=O)Nc1ncn(C(C)(C)C)n1. The van der Waals surface area contributed by atoms with E-state index in [1.165, 1.54) is 0 Å². The Kier molecular flexibility index (Phi) is 5.79. The molecule has 1 aliphatic rings. The lowest BCUT2D eigenvalue weighted by Crippen LogP contribution is -2.38. The first kappa shape index (κ1) is 19.3. The van der Waals surface area contributed by atoms with Crippen molar-refractivity contribution in [3.8, 4) is 0 Å². The summed E-state index contributed by atoms with van der Waals surface area (Å²) in [5.74, 6) is 0.495. The van der Waals surface area contributed by atoms with E-state index in [1.54, 1.807) is 17.2 Å². The summed E-state index contributed by atoms with van der Waals surface area (Å²) >= 11 is 0. The van der Waals surface area contributed by atoms with Crippen LogP contribution in [0.15, 0.2) is 18.6 Å². The highest BCUT2D eigenvalue weighted by Gasteiger charge is 2.30. The van der Waals surface area contributed by atoms with Gasteiger partial charge in [0.25, 0.3) is 0 Å². The number of aromatic nitrogens is 5. The molecule has 9 nitrogen and oxygen atoms in total. The summed E-state index contributed by atoms with van der Waals surface area (Å²) in [5, 5.41) is 14.3. The van der Waals surface area contributed by atoms with Gasteiger partial charge in [0, 0.05) is 31.8 Å². The fourth-order valence-corrected chi connectivity index (χ4v) is 3.24. The Morgan fingerprint density at radius 2 is 2.22 bits per heavy atom. The molecule has 2 aromatic heterocycles. The van der Waals surface area contributed by atoms with Gasteiger partial charge in [-0.15, -0.1) is 5.10 Å². The van der Waals surface area contributed by atoms with Crippen LogP contribution in [0.2, 0.25) is 0 Å². The zero-order chi connectivity index (χ0) is 19.4. The number of anilines is 1. The number of carbonyl (C=O) groups is 1. The quantitative estimate of drug-likeness (QED) is 0.837. The Labute approximate surface area is 159 Å². The molecule has 2 amide bonds. The third-order valence-electron chi connectivity index (χ3n) is 4.71. The molecule has 0 aromatic carbocycles. The van der Waals surface area contributed by atoms with Crippen LogP contribution in [0.5, 0.6) is 0 Å². The van der Waals surface area contributed by atoms with Crippen molar-refractivity contribution in [2.45, 2.75) is 58.7 Å². The highest BCUT2D eigenvalue weighted by atomic mass is 16.5. The van der Waals surface area contributed by atoms with Crippen molar-refractivity contribution in [2.24, 2.45) is 5.92 Å². The molecule has 0 spiro atoms. The zero-order valence-electron chi connectivity index (χ0n) is 16.5. The summed E-state index contributed by atoms with van der Waals surface area (Å²) < 4.78 is 9.68. The van der Waals surface area contributed by atoms with Crippen molar-refractivity contribution < 1.29 is 9.53 Å². The second kappa shape index (κ2) is 8.08. The minimum absolute atomic E-state index is 0.0558. The third kappa shape index (κ3) is 4.65. The van der Waals surface area contributed by atoms with Gasteiger partial charge in [0.05, 0.1) is 11.2 Å². The molecule has 148 valence electrons. The number of carbonyl (C=O) groups excluding carboxylic acids is 1. The van der Waals surface area contributed by atoms with Gasteiger partial charge in [-0.2, -0.15) is 5.10 Å². The van der Waals surface area contributed by atoms with Gasteiger partial charge in [-0.25, -0.2) is 14.5 Å². The number of nitrogens with zero attached hydrogens (tertiary/aromatic N) is 5. The predicted molar refractivity (Wildman–Crippen MR) is 101 cm³/mol. The number of urea groups is 1. The van der Waals surface area contributed by atoms with Crippen molar-refractivity contribution in [2.75, 3.05) is 18.5 Å². The van der Waals surface area contributed by atoms with E-state index in [4.69, 9.17) is 4.74 Å². The maximum absolute atomic E-state index is 12.3. The largest absolute Gasteiger partial charge is 0.372 e. The van der Waals surface area contributed by atoms with Crippen molar-refractivity contribution in [1.82, 2.24) is 29.9 Å². The van der Waals surface area contributed by atoms with Crippen LogP contribution >= 0.6 is 0 Å². The Morgan fingerprint density at radius 1 is 1.41 bits per heavy atom. The van der Waals surface area contributed by atoms with Crippen LogP contribution in [0.4, 0.5) is 10.7 Å². The Bertz CT molecular complexity index is 762. The molecule has 0 aliphatic carbocycles. The average molecular weight is 375 g/mol. The van der Waals surface area contributed by atoms with E-state index >= 15 is 0 Å². The molecule has 3 heterocycles. The monoisotopic (exact) mass is 375 g/mol. The lowest BCUT2D eigenvalue weighted by Gasteiger charge is -2.32. The molecule has 1 saturated heterocycles. The van der Waals surface area contributed by atoms with Gasteiger partial charge in [0.2, 0.25) is 5.95 Å². The second-order valence-corrected chi connectivity index (χ2v) is 7.78. The molecule has 0 saturated carbocycles. The lowest BCUT2D eigenvalue weighted by molar-refractivity contribution is -0.0317. The maximum atomic E-state index is 12.3. The maximum Gasteiger partial charge on any atom is 0.321 e. The Balaban J connectivity index is 1.57. The van der Waals surface area contributed by atoms with E-state index in [1.807, 2.05) is 31.5 Å². The van der Waals surface area contributed by atoms with E-state index in [0.29, 0.717) is 12.5 Å². The van der Waals surface area contributed by atoms with Crippen LogP contribution in [0.1, 0.15) is 52.3 Å². The second-order valence-electron chi connectivity index (χ2n) is 7.78. The molecule has 2 aromatic rings. The molecule has 2 N–H and O–H groups in total. The van der Waals surface area contributed by atoms with Crippen LogP contribution < -0.4 is 10.6 Å². The minimum Gasteiger partial charge on any atom is -0.372 e. The highest BCUT2D eigenvalue weighted by molar-refractivity contribution is 5.87. The predicted octanol–water partition coefficient (Wildman–Crippen LogP) is 2.54. The summed E-state index contributed by atoms with van der Waals surface area (Å²) in [7, 11) is 0. The molecule has 9 heteroatoms. The Morgan fingerprint density at radius 3 is 2.93 bits per heavy atom. The van der Waals surface area contributed by atoms with Crippen molar-refractivity contribution in [3.05, 3.63) is 24.3 Å². The number of hydrogen-bond acceptors (Lipinski definition) is 5. The number of aryl methyl sites for hydroxylation is 1. The smallest absolute Gasteiger partial charge is 0.321 e. The minimum atomic E-state index is -0.310. The Hall–Kier alpha value is -2.42. The average Bonchev–Trinajstić information content (AvgIpc) is 3.29. The number of rotatable bonds is 5. The van der Waals surface area contributed by atoms with Gasteiger partial charge in [-0.3, -0.25) is 10.00 Å². The van der Waals surface area contributed by atoms with Crippen molar-refractivity contribution in [1.29, 1.82) is 0 Å². The molecule has 0 radical (unpaired) electrons. The molecule has 2 atom stereocenters. The van der Waals surface area contributed by atoms with Crippen LogP contribution in [0.25, 0.3) is 0 Å². The number of hydrogen-bond donors (Lipinski definition) is 2. The fourth-order valence-electron chi connectivity index (χ4n) is 3.24. The van der Waals surface area contributed by atoms with E-state index in [-0.39, 0.29) is 23.6 Å². The fraction of sp³-hybridized carbons (Fsp3) is 0.667. The summed E-state index contributed by atoms with van der Waals surface area (Å²) in [6.45, 7) is 10.2. The number of amides is 2. The number of nitrogens with one attached hydrogen (secondary N) is 2. The van der Waals surface area contributed by atoms with Crippen LogP contribution in [0.3, 0.4) is 0 Å². The van der Waals surface area contributed by atoms with Crippen LogP contribution in [0, 0.1) is 5.92 Å². The van der Waals surface area contributed by atoms with E-state index in [9.17, 15) is 4.79 Å². The molecular formula is C18H29N7O2. The van der Waals surface area contributed by atoms with Gasteiger partial charge >= 0.3 is 6.03 Å². The summed E-state index contributed by atoms with van der Waals surface area (Å²) in [5.41, 5.74) is 0.883. The van der Waals surface area contributed by atoms with Gasteiger partial charge < -0.3 is 10.1 Å². The summed E-state index contributed by atoms with van der Waals surface area (Å²) in [6, 6.07) is 1.69. The molecule has 0 bridgehead atoms. The molecular weight excluding hydrogens is 346 g/mol. The van der Waals surface area contributed by atoms with Crippen LogP contribution in [-0.4, -0.2) is 43.7 Å². The van der Waals surface area contributed by atoms with E-state index in [0.717, 1.165) is 31.7 Å². The summed E-state index contributed by atoms with van der Waals surface area (Å²) in [4.78, 5) is 16.4. The van der Waals surface area contributed by atoms with Gasteiger partial charge in [0.15, 0.2) is 0 Å². The van der Waals surface area contributed by atoms with Crippen LogP contribution in [-0.2, 0) is 16.8 Å². The standard InChI is InChI=1S/C18H29N7O2/c1-5-24-14(8-9-21-24)15-13(7-6-10-27-15)11-19-17(26)22-16-20-12-25(23-16)18(2,3)4/h8-9,12-13,15H,5-7,10-11H2,1-4H3,(H2,19,22,23,26)/t13-,15+/m0/s1.